The number of hydrogen-bond donors (Lipinski definition) is 2. The van der Waals surface area contributed by atoms with Crippen molar-refractivity contribution >= 4 is 17.7 Å². The summed E-state index contributed by atoms with van der Waals surface area (Å²) < 4.78 is 4.88. The van der Waals surface area contributed by atoms with Crippen LogP contribution in [-0.4, -0.2) is 28.1 Å². The maximum atomic E-state index is 11.6. The summed E-state index contributed by atoms with van der Waals surface area (Å²) in [5, 5.41) is 21.7. The Morgan fingerprint density at radius 2 is 1.90 bits per heavy atom. The molecule has 0 spiro atoms. The van der Waals surface area contributed by atoms with Crippen LogP contribution in [0.1, 0.15) is 20.3 Å². The lowest BCUT2D eigenvalue weighted by molar-refractivity contribution is -0.384. The molecule has 1 aromatic carbocycles. The number of amides is 1. The average Bonchev–Trinajstić information content (AvgIpc) is 2.37. The van der Waals surface area contributed by atoms with Crippen molar-refractivity contribution in [2.45, 2.75) is 26.3 Å². The number of non-ortho nitro benzene ring substituents is 1. The van der Waals surface area contributed by atoms with E-state index in [2.05, 4.69) is 5.32 Å². The molecule has 0 heterocycles. The second-order valence-corrected chi connectivity index (χ2v) is 4.81. The fraction of sp³-hybridized carbons (Fsp3) is 0.385. The summed E-state index contributed by atoms with van der Waals surface area (Å²) in [4.78, 5) is 32.5. The summed E-state index contributed by atoms with van der Waals surface area (Å²) in [7, 11) is 0. The monoisotopic (exact) mass is 296 g/mol. The van der Waals surface area contributed by atoms with Gasteiger partial charge in [0.1, 0.15) is 11.8 Å². The van der Waals surface area contributed by atoms with Crippen molar-refractivity contribution in [1.29, 1.82) is 0 Å². The number of nitro benzene ring substituents is 1. The van der Waals surface area contributed by atoms with Crippen LogP contribution in [0.15, 0.2) is 24.3 Å². The number of nitro groups is 1. The molecule has 1 amide bonds. The van der Waals surface area contributed by atoms with E-state index < -0.39 is 23.0 Å². The molecule has 114 valence electrons. The molecule has 1 atom stereocenters. The van der Waals surface area contributed by atoms with E-state index in [0.717, 1.165) is 0 Å². The number of carboxylic acids is 1. The predicted molar refractivity (Wildman–Crippen MR) is 73.1 cm³/mol. The first kappa shape index (κ1) is 16.4. The molecule has 21 heavy (non-hydrogen) atoms. The van der Waals surface area contributed by atoms with E-state index in [1.54, 1.807) is 0 Å². The van der Waals surface area contributed by atoms with E-state index in [0.29, 0.717) is 0 Å². The van der Waals surface area contributed by atoms with Crippen molar-refractivity contribution in [1.82, 2.24) is 5.32 Å². The standard InChI is InChI=1S/C13H16N2O6/c1-8(2)7-11(12(16)17)14-13(18)21-10-5-3-9(4-6-10)15(19)20/h3-6,8,11H,7H2,1-2H3,(H,14,18)(H,16,17). The van der Waals surface area contributed by atoms with Crippen molar-refractivity contribution in [3.8, 4) is 5.75 Å². The quantitative estimate of drug-likeness (QED) is 0.613. The summed E-state index contributed by atoms with van der Waals surface area (Å²) in [6.45, 7) is 3.67. The van der Waals surface area contributed by atoms with Gasteiger partial charge in [-0.15, -0.1) is 0 Å². The number of ether oxygens (including phenoxy) is 1. The van der Waals surface area contributed by atoms with Crippen molar-refractivity contribution in [3.05, 3.63) is 34.4 Å². The second kappa shape index (κ2) is 7.22. The topological polar surface area (TPSA) is 119 Å². The van der Waals surface area contributed by atoms with Gasteiger partial charge in [0.05, 0.1) is 4.92 Å². The Kier molecular flexibility index (Phi) is 5.65. The molecule has 0 aromatic heterocycles. The first-order valence-corrected chi connectivity index (χ1v) is 6.25. The molecule has 0 saturated heterocycles. The Bertz CT molecular complexity index is 526. The van der Waals surface area contributed by atoms with Crippen LogP contribution in [0.5, 0.6) is 5.75 Å². The molecule has 2 N–H and O–H groups in total. The third-order valence-electron chi connectivity index (χ3n) is 2.56. The highest BCUT2D eigenvalue weighted by Crippen LogP contribution is 2.17. The molecular weight excluding hydrogens is 280 g/mol. The average molecular weight is 296 g/mol. The third kappa shape index (κ3) is 5.47. The Morgan fingerprint density at radius 1 is 1.33 bits per heavy atom. The van der Waals surface area contributed by atoms with E-state index in [4.69, 9.17) is 9.84 Å². The summed E-state index contributed by atoms with van der Waals surface area (Å²) in [5.74, 6) is -0.970. The molecule has 0 saturated carbocycles. The van der Waals surface area contributed by atoms with Gasteiger partial charge in [0.25, 0.3) is 5.69 Å². The number of nitrogens with one attached hydrogen (secondary N) is 1. The number of aliphatic carboxylic acids is 1. The minimum Gasteiger partial charge on any atom is -0.480 e. The van der Waals surface area contributed by atoms with Gasteiger partial charge in [-0.3, -0.25) is 10.1 Å². The molecule has 0 aliphatic rings. The van der Waals surface area contributed by atoms with Gasteiger partial charge in [-0.1, -0.05) is 13.8 Å². The van der Waals surface area contributed by atoms with Crippen molar-refractivity contribution in [3.63, 3.8) is 0 Å². The first-order valence-electron chi connectivity index (χ1n) is 6.25. The SMILES string of the molecule is CC(C)CC(NC(=O)Oc1ccc([N+](=O)[O-])cc1)C(=O)O. The summed E-state index contributed by atoms with van der Waals surface area (Å²) in [6, 6.07) is 3.85. The molecular formula is C13H16N2O6. The van der Waals surface area contributed by atoms with Crippen LogP contribution in [0.4, 0.5) is 10.5 Å². The molecule has 0 fully saturated rings. The molecule has 8 heteroatoms. The highest BCUT2D eigenvalue weighted by atomic mass is 16.6. The van der Waals surface area contributed by atoms with E-state index in [1.165, 1.54) is 24.3 Å². The van der Waals surface area contributed by atoms with Crippen LogP contribution in [0.25, 0.3) is 0 Å². The molecule has 0 aliphatic carbocycles. The Balaban J connectivity index is 2.63. The number of carbonyl (C=O) groups excluding carboxylic acids is 1. The number of carboxylic acid groups (broad SMARTS) is 1. The van der Waals surface area contributed by atoms with Crippen LogP contribution >= 0.6 is 0 Å². The minimum absolute atomic E-state index is 0.0887. The van der Waals surface area contributed by atoms with Crippen LogP contribution in [0.2, 0.25) is 0 Å². The Hall–Kier alpha value is -2.64. The number of rotatable bonds is 6. The fourth-order valence-corrected chi connectivity index (χ4v) is 1.61. The van der Waals surface area contributed by atoms with E-state index in [9.17, 15) is 19.7 Å². The third-order valence-corrected chi connectivity index (χ3v) is 2.56. The van der Waals surface area contributed by atoms with Crippen LogP contribution in [0, 0.1) is 16.0 Å². The highest BCUT2D eigenvalue weighted by molar-refractivity contribution is 5.80. The van der Waals surface area contributed by atoms with Crippen molar-refractivity contribution in [2.24, 2.45) is 5.92 Å². The Morgan fingerprint density at radius 3 is 2.33 bits per heavy atom. The lowest BCUT2D eigenvalue weighted by atomic mass is 10.0. The van der Waals surface area contributed by atoms with Gasteiger partial charge in [0.2, 0.25) is 0 Å². The zero-order valence-electron chi connectivity index (χ0n) is 11.6. The number of hydrogen-bond acceptors (Lipinski definition) is 5. The van der Waals surface area contributed by atoms with Crippen molar-refractivity contribution in [2.75, 3.05) is 0 Å². The van der Waals surface area contributed by atoms with Gasteiger partial charge in [-0.05, 0) is 24.5 Å². The molecule has 0 radical (unpaired) electrons. The van der Waals surface area contributed by atoms with Gasteiger partial charge in [-0.25, -0.2) is 9.59 Å². The lowest BCUT2D eigenvalue weighted by Crippen LogP contribution is -2.43. The summed E-state index contributed by atoms with van der Waals surface area (Å²) in [6.07, 6.45) is -0.651. The second-order valence-electron chi connectivity index (χ2n) is 4.81. The molecule has 1 aromatic rings. The summed E-state index contributed by atoms with van der Waals surface area (Å²) in [5.41, 5.74) is -0.133. The van der Waals surface area contributed by atoms with Crippen LogP contribution < -0.4 is 10.1 Å². The first-order chi connectivity index (χ1) is 9.79. The smallest absolute Gasteiger partial charge is 0.413 e. The highest BCUT2D eigenvalue weighted by Gasteiger charge is 2.22. The molecule has 0 aliphatic heterocycles. The van der Waals surface area contributed by atoms with Gasteiger partial charge in [0.15, 0.2) is 0 Å². The maximum Gasteiger partial charge on any atom is 0.413 e. The van der Waals surface area contributed by atoms with Crippen LogP contribution in [-0.2, 0) is 4.79 Å². The van der Waals surface area contributed by atoms with Gasteiger partial charge < -0.3 is 15.2 Å². The number of carbonyl (C=O) groups is 2. The lowest BCUT2D eigenvalue weighted by Gasteiger charge is -2.16. The number of nitrogens with zero attached hydrogens (tertiary/aromatic N) is 1. The van der Waals surface area contributed by atoms with Gasteiger partial charge in [-0.2, -0.15) is 0 Å². The van der Waals surface area contributed by atoms with Crippen LogP contribution in [0.3, 0.4) is 0 Å². The molecule has 1 rings (SSSR count). The van der Waals surface area contributed by atoms with E-state index in [1.807, 2.05) is 13.8 Å². The predicted octanol–water partition coefficient (Wildman–Crippen LogP) is 2.18. The number of benzene rings is 1. The Labute approximate surface area is 120 Å². The van der Waals surface area contributed by atoms with E-state index >= 15 is 0 Å². The maximum absolute atomic E-state index is 11.6. The largest absolute Gasteiger partial charge is 0.480 e. The van der Waals surface area contributed by atoms with E-state index in [-0.39, 0.29) is 23.8 Å². The molecule has 8 nitrogen and oxygen atoms in total. The minimum atomic E-state index is -1.15. The zero-order chi connectivity index (χ0) is 16.0. The normalized spacial score (nSPS) is 11.8. The summed E-state index contributed by atoms with van der Waals surface area (Å²) >= 11 is 0. The molecule has 0 bridgehead atoms. The fourth-order valence-electron chi connectivity index (χ4n) is 1.61. The molecule has 1 unspecified atom stereocenters. The van der Waals surface area contributed by atoms with Gasteiger partial charge >= 0.3 is 12.1 Å². The van der Waals surface area contributed by atoms with Crippen molar-refractivity contribution < 1.29 is 24.4 Å². The van der Waals surface area contributed by atoms with Gasteiger partial charge in [0, 0.05) is 12.1 Å². The zero-order valence-corrected chi connectivity index (χ0v) is 11.6.